The summed E-state index contributed by atoms with van der Waals surface area (Å²) in [7, 11) is 0. The molecule has 2 rings (SSSR count). The van der Waals surface area contributed by atoms with Crippen molar-refractivity contribution >= 4 is 5.97 Å². The maximum Gasteiger partial charge on any atom is 0.328 e. The number of aliphatic hydroxyl groups excluding tert-OH is 4. The molecule has 0 radical (unpaired) electrons. The van der Waals surface area contributed by atoms with Crippen molar-refractivity contribution in [3.05, 3.63) is 23.8 Å². The molecule has 0 bridgehead atoms. The third-order valence-electron chi connectivity index (χ3n) is 6.46. The smallest absolute Gasteiger partial charge is 0.328 e. The fourth-order valence-electron chi connectivity index (χ4n) is 4.43. The second-order valence-electron chi connectivity index (χ2n) is 9.11. The van der Waals surface area contributed by atoms with Crippen LogP contribution < -0.4 is 0 Å². The van der Waals surface area contributed by atoms with Gasteiger partial charge < -0.3 is 40.1 Å². The van der Waals surface area contributed by atoms with Gasteiger partial charge in [0.15, 0.2) is 6.29 Å². The molecule has 7 atom stereocenters. The number of ether oxygens (including phenoxy) is 2. The van der Waals surface area contributed by atoms with Crippen LogP contribution in [0, 0.1) is 5.41 Å². The predicted molar refractivity (Wildman–Crippen MR) is 106 cm³/mol. The first-order valence-corrected chi connectivity index (χ1v) is 10.1. The zero-order chi connectivity index (χ0) is 22.9. The van der Waals surface area contributed by atoms with E-state index in [1.165, 1.54) is 12.2 Å². The lowest BCUT2D eigenvalue weighted by Crippen LogP contribution is -2.67. The van der Waals surface area contributed by atoms with E-state index in [0.29, 0.717) is 24.8 Å². The van der Waals surface area contributed by atoms with Crippen molar-refractivity contribution < 1.29 is 44.9 Å². The lowest BCUT2D eigenvalue weighted by Gasteiger charge is -2.57. The van der Waals surface area contributed by atoms with Crippen LogP contribution in [0.15, 0.2) is 23.8 Å². The Hall–Kier alpha value is -1.33. The van der Waals surface area contributed by atoms with Gasteiger partial charge in [-0.05, 0) is 50.2 Å². The highest BCUT2D eigenvalue weighted by molar-refractivity contribution is 5.81. The number of hydrogen-bond acceptors (Lipinski definition) is 8. The Morgan fingerprint density at radius 2 is 1.77 bits per heavy atom. The molecule has 1 saturated carbocycles. The largest absolute Gasteiger partial charge is 0.478 e. The average Bonchev–Trinajstić information content (AvgIpc) is 2.64. The summed E-state index contributed by atoms with van der Waals surface area (Å²) in [5, 5.41) is 60.5. The molecule has 0 unspecified atom stereocenters. The molecule has 1 aliphatic carbocycles. The van der Waals surface area contributed by atoms with Crippen molar-refractivity contribution in [1.82, 2.24) is 0 Å². The number of carbonyl (C=O) groups is 1. The van der Waals surface area contributed by atoms with Gasteiger partial charge in [0.05, 0.1) is 6.61 Å². The van der Waals surface area contributed by atoms with E-state index < -0.39 is 59.9 Å². The van der Waals surface area contributed by atoms with E-state index in [1.807, 2.05) is 13.8 Å². The summed E-state index contributed by atoms with van der Waals surface area (Å²) in [5.41, 5.74) is -3.10. The molecule has 1 heterocycles. The zero-order valence-corrected chi connectivity index (χ0v) is 17.9. The summed E-state index contributed by atoms with van der Waals surface area (Å²) in [5.74, 6) is -1.10. The first-order valence-electron chi connectivity index (χ1n) is 10.1. The van der Waals surface area contributed by atoms with Gasteiger partial charge >= 0.3 is 5.97 Å². The number of hydrogen-bond donors (Lipinski definition) is 6. The molecule has 1 saturated heterocycles. The average molecular weight is 430 g/mol. The van der Waals surface area contributed by atoms with Crippen molar-refractivity contribution in [2.45, 2.75) is 88.9 Å². The fourth-order valence-corrected chi connectivity index (χ4v) is 4.43. The Morgan fingerprint density at radius 1 is 1.13 bits per heavy atom. The van der Waals surface area contributed by atoms with Crippen LogP contribution in [0.1, 0.15) is 47.0 Å². The lowest BCUT2D eigenvalue weighted by molar-refractivity contribution is -0.352. The Kier molecular flexibility index (Phi) is 7.51. The van der Waals surface area contributed by atoms with Crippen molar-refractivity contribution in [1.29, 1.82) is 0 Å². The maximum absolute atomic E-state index is 11.8. The molecular formula is C21H34O9. The third kappa shape index (κ3) is 4.62. The Labute approximate surface area is 176 Å². The highest BCUT2D eigenvalue weighted by atomic mass is 16.7. The lowest BCUT2D eigenvalue weighted by atomic mass is 9.58. The molecule has 0 aromatic carbocycles. The van der Waals surface area contributed by atoms with Crippen LogP contribution in [-0.2, 0) is 14.3 Å². The van der Waals surface area contributed by atoms with Gasteiger partial charge in [-0.2, -0.15) is 0 Å². The van der Waals surface area contributed by atoms with E-state index in [4.69, 9.17) is 14.6 Å². The van der Waals surface area contributed by atoms with Gasteiger partial charge in [0, 0.05) is 6.08 Å². The van der Waals surface area contributed by atoms with Gasteiger partial charge in [-0.25, -0.2) is 4.79 Å². The van der Waals surface area contributed by atoms with E-state index in [2.05, 4.69) is 0 Å². The number of carboxylic acids is 1. The van der Waals surface area contributed by atoms with Crippen molar-refractivity contribution in [3.8, 4) is 0 Å². The molecule has 0 spiro atoms. The van der Waals surface area contributed by atoms with Gasteiger partial charge in [0.1, 0.15) is 35.6 Å². The molecule has 0 amide bonds. The monoisotopic (exact) mass is 430 g/mol. The predicted octanol–water partition coefficient (Wildman–Crippen LogP) is 0.0899. The highest BCUT2D eigenvalue weighted by Gasteiger charge is 2.60. The SMILES string of the molecule is CC(/C=C/[C@@]1(O)C(C)(C)CCC[C@@]1(C)O[C@@H]1O[C@H](CO)[C@@H](O)[C@H](O)[C@H]1O)=C\C(=O)O. The summed E-state index contributed by atoms with van der Waals surface area (Å²) in [4.78, 5) is 10.9. The van der Waals surface area contributed by atoms with Gasteiger partial charge in [-0.1, -0.05) is 19.9 Å². The molecule has 1 aliphatic heterocycles. The first kappa shape index (κ1) is 24.9. The molecule has 9 heteroatoms. The second-order valence-corrected chi connectivity index (χ2v) is 9.11. The quantitative estimate of drug-likeness (QED) is 0.254. The zero-order valence-electron chi connectivity index (χ0n) is 17.9. The summed E-state index contributed by atoms with van der Waals surface area (Å²) in [6.45, 7) is 6.40. The van der Waals surface area contributed by atoms with E-state index in [1.54, 1.807) is 13.8 Å². The van der Waals surface area contributed by atoms with Crippen LogP contribution in [-0.4, -0.2) is 85.1 Å². The van der Waals surface area contributed by atoms with Crippen molar-refractivity contribution in [3.63, 3.8) is 0 Å². The number of carboxylic acid groups (broad SMARTS) is 1. The molecule has 0 aromatic rings. The fraction of sp³-hybridized carbons (Fsp3) is 0.762. The van der Waals surface area contributed by atoms with Crippen LogP contribution in [0.2, 0.25) is 0 Å². The molecule has 2 aliphatic rings. The standard InChI is InChI=1S/C21H34O9/c1-12(10-14(23)24)6-9-21(28)19(2,3)7-5-8-20(21,4)30-18-17(27)16(26)15(25)13(11-22)29-18/h6,9-10,13,15-18,22,25-28H,5,7-8,11H2,1-4H3,(H,23,24)/b9-6+,12-10+/t13-,15-,16+,17-,18+,20-,21-/m1/s1. The Balaban J connectivity index is 2.39. The number of aliphatic hydroxyl groups is 5. The highest BCUT2D eigenvalue weighted by Crippen LogP contribution is 2.52. The van der Waals surface area contributed by atoms with Crippen LogP contribution >= 0.6 is 0 Å². The van der Waals surface area contributed by atoms with Gasteiger partial charge in [-0.15, -0.1) is 0 Å². The van der Waals surface area contributed by atoms with Crippen LogP contribution in [0.5, 0.6) is 0 Å². The van der Waals surface area contributed by atoms with Crippen molar-refractivity contribution in [2.75, 3.05) is 6.61 Å². The van der Waals surface area contributed by atoms with Crippen LogP contribution in [0.3, 0.4) is 0 Å². The molecule has 30 heavy (non-hydrogen) atoms. The van der Waals surface area contributed by atoms with Gasteiger partial charge in [-0.3, -0.25) is 0 Å². The third-order valence-corrected chi connectivity index (χ3v) is 6.46. The summed E-state index contributed by atoms with van der Waals surface area (Å²) >= 11 is 0. The number of rotatable bonds is 6. The normalized spacial score (nSPS) is 42.4. The van der Waals surface area contributed by atoms with Crippen molar-refractivity contribution in [2.24, 2.45) is 5.41 Å². The molecule has 6 N–H and O–H groups in total. The second kappa shape index (κ2) is 9.04. The van der Waals surface area contributed by atoms with Gasteiger partial charge in [0.2, 0.25) is 0 Å². The topological polar surface area (TPSA) is 157 Å². The number of allylic oxidation sites excluding steroid dienone is 2. The summed E-state index contributed by atoms with van der Waals surface area (Å²) in [6.07, 6.45) is -1.40. The molecule has 172 valence electrons. The first-order chi connectivity index (χ1) is 13.8. The molecule has 2 fully saturated rings. The van der Waals surface area contributed by atoms with E-state index in [-0.39, 0.29) is 0 Å². The van der Waals surface area contributed by atoms with E-state index >= 15 is 0 Å². The summed E-state index contributed by atoms with van der Waals surface area (Å²) < 4.78 is 11.5. The minimum absolute atomic E-state index is 0.397. The minimum atomic E-state index is -1.59. The molecule has 0 aromatic heterocycles. The minimum Gasteiger partial charge on any atom is -0.478 e. The van der Waals surface area contributed by atoms with E-state index in [9.17, 15) is 30.3 Å². The summed E-state index contributed by atoms with van der Waals surface area (Å²) in [6, 6.07) is 0. The Bertz CT molecular complexity index is 686. The Morgan fingerprint density at radius 3 is 2.33 bits per heavy atom. The van der Waals surface area contributed by atoms with Crippen LogP contribution in [0.25, 0.3) is 0 Å². The van der Waals surface area contributed by atoms with Crippen LogP contribution in [0.4, 0.5) is 0 Å². The number of aliphatic carboxylic acids is 1. The molecular weight excluding hydrogens is 396 g/mol. The molecule has 9 nitrogen and oxygen atoms in total. The van der Waals surface area contributed by atoms with Gasteiger partial charge in [0.25, 0.3) is 0 Å². The maximum atomic E-state index is 11.8. The van der Waals surface area contributed by atoms with E-state index in [0.717, 1.165) is 6.08 Å².